The number of para-hydroxylation sites is 1. The van der Waals surface area contributed by atoms with Gasteiger partial charge in [0.05, 0.1) is 16.8 Å². The zero-order valence-electron chi connectivity index (χ0n) is 17.3. The van der Waals surface area contributed by atoms with Crippen molar-refractivity contribution in [2.45, 2.75) is 38.6 Å². The number of carbonyl (C=O) groups excluding carboxylic acids is 1. The molecule has 4 aromatic rings. The van der Waals surface area contributed by atoms with Gasteiger partial charge in [-0.05, 0) is 42.3 Å². The number of unbranched alkanes of at least 4 members (excludes halogenated alkanes) is 3. The number of aromatic amines is 1. The van der Waals surface area contributed by atoms with Crippen molar-refractivity contribution in [1.82, 2.24) is 15.0 Å². The van der Waals surface area contributed by atoms with Crippen molar-refractivity contribution in [3.05, 3.63) is 53.2 Å². The zero-order chi connectivity index (χ0) is 22.7. The molecule has 0 saturated heterocycles. The Morgan fingerprint density at radius 2 is 1.88 bits per heavy atom. The summed E-state index contributed by atoms with van der Waals surface area (Å²) in [5.74, 6) is -0.930. The summed E-state index contributed by atoms with van der Waals surface area (Å²) in [6.45, 7) is 0.476. The van der Waals surface area contributed by atoms with E-state index in [0.29, 0.717) is 46.0 Å². The minimum absolute atomic E-state index is 0.0679. The molecule has 0 aliphatic rings. The minimum Gasteiger partial charge on any atom is -0.494 e. The van der Waals surface area contributed by atoms with Crippen LogP contribution in [0.4, 0.5) is 10.1 Å². The van der Waals surface area contributed by atoms with E-state index in [-0.39, 0.29) is 18.0 Å². The number of aryl methyl sites for hydroxylation is 1. The number of aromatic hydroxyl groups is 1. The van der Waals surface area contributed by atoms with Crippen LogP contribution in [0.1, 0.15) is 32.1 Å². The molecule has 4 N–H and O–H groups in total. The number of benzene rings is 2. The summed E-state index contributed by atoms with van der Waals surface area (Å²) < 4.78 is 15.8. The molecule has 2 heterocycles. The van der Waals surface area contributed by atoms with Gasteiger partial charge in [0.1, 0.15) is 11.5 Å². The second kappa shape index (κ2) is 9.19. The van der Waals surface area contributed by atoms with Gasteiger partial charge in [0.15, 0.2) is 0 Å². The molecule has 2 aromatic carbocycles. The molecule has 0 unspecified atom stereocenters. The fourth-order valence-electron chi connectivity index (χ4n) is 4.15. The first-order valence-corrected chi connectivity index (χ1v) is 10.4. The van der Waals surface area contributed by atoms with Crippen LogP contribution in [0, 0.1) is 10.7 Å². The summed E-state index contributed by atoms with van der Waals surface area (Å²) in [5.41, 5.74) is 3.81. The lowest BCUT2D eigenvalue weighted by Crippen LogP contribution is -2.17. The Kier molecular flexibility index (Phi) is 6.18. The first kappa shape index (κ1) is 21.5. The average molecular weight is 438 g/mol. The van der Waals surface area contributed by atoms with E-state index in [9.17, 15) is 19.2 Å². The number of hydrogen-bond donors (Lipinski definition) is 4. The minimum atomic E-state index is -0.449. The molecule has 166 valence electrons. The lowest BCUT2D eigenvalue weighted by atomic mass is 10.1. The van der Waals surface area contributed by atoms with Crippen molar-refractivity contribution in [2.75, 3.05) is 0 Å². The predicted molar refractivity (Wildman–Crippen MR) is 119 cm³/mol. The topological polar surface area (TPSA) is 120 Å². The molecule has 2 aromatic heterocycles. The number of halogens is 1. The number of H-pyrrole nitrogens is 1. The average Bonchev–Trinajstić information content (AvgIpc) is 3.29. The highest BCUT2D eigenvalue weighted by molar-refractivity contribution is 6.07. The number of carbonyl (C=O) groups is 1. The number of hydrogen-bond acceptors (Lipinski definition) is 5. The summed E-state index contributed by atoms with van der Waals surface area (Å²) in [7, 11) is 0. The largest absolute Gasteiger partial charge is 0.494 e. The van der Waals surface area contributed by atoms with Crippen LogP contribution in [0.25, 0.3) is 33.1 Å². The summed E-state index contributed by atoms with van der Waals surface area (Å²) in [5, 5.41) is 23.9. The van der Waals surface area contributed by atoms with Crippen LogP contribution in [-0.4, -0.2) is 25.8 Å². The third-order valence-electron chi connectivity index (χ3n) is 5.68. The fourth-order valence-corrected chi connectivity index (χ4v) is 4.15. The quantitative estimate of drug-likeness (QED) is 0.120. The van der Waals surface area contributed by atoms with Gasteiger partial charge in [0, 0.05) is 29.3 Å². The van der Waals surface area contributed by atoms with Crippen LogP contribution < -0.4 is 5.48 Å². The molecule has 0 atom stereocenters. The number of nitroso groups, excluding NO2 is 1. The normalized spacial score (nSPS) is 11.3. The van der Waals surface area contributed by atoms with E-state index < -0.39 is 11.7 Å². The van der Waals surface area contributed by atoms with Crippen molar-refractivity contribution in [3.63, 3.8) is 0 Å². The Morgan fingerprint density at radius 3 is 2.66 bits per heavy atom. The number of nitrogens with zero attached hydrogens (tertiary/aromatic N) is 2. The molecule has 0 fully saturated rings. The molecule has 4 rings (SSSR count). The molecular weight excluding hydrogens is 415 g/mol. The molecule has 8 nitrogen and oxygen atoms in total. The first-order valence-electron chi connectivity index (χ1n) is 10.4. The van der Waals surface area contributed by atoms with Crippen molar-refractivity contribution in [2.24, 2.45) is 5.18 Å². The van der Waals surface area contributed by atoms with E-state index in [2.05, 4.69) is 10.2 Å². The number of nitrogens with one attached hydrogen (secondary N) is 2. The second-order valence-electron chi connectivity index (χ2n) is 7.70. The third kappa shape index (κ3) is 3.94. The summed E-state index contributed by atoms with van der Waals surface area (Å²) in [4.78, 5) is 25.9. The molecule has 0 aliphatic carbocycles. The number of aromatic nitrogens is 2. The first-order chi connectivity index (χ1) is 15.5. The van der Waals surface area contributed by atoms with Gasteiger partial charge in [0.25, 0.3) is 0 Å². The van der Waals surface area contributed by atoms with Crippen LogP contribution in [0.2, 0.25) is 0 Å². The second-order valence-corrected chi connectivity index (χ2v) is 7.70. The van der Waals surface area contributed by atoms with Gasteiger partial charge in [-0.2, -0.15) is 0 Å². The molecule has 0 spiro atoms. The van der Waals surface area contributed by atoms with Crippen LogP contribution in [0.15, 0.2) is 47.6 Å². The number of amides is 1. The highest BCUT2D eigenvalue weighted by atomic mass is 19.1. The zero-order valence-corrected chi connectivity index (χ0v) is 17.3. The highest BCUT2D eigenvalue weighted by Gasteiger charge is 2.24. The molecule has 0 radical (unpaired) electrons. The van der Waals surface area contributed by atoms with Crippen molar-refractivity contribution < 1.29 is 19.5 Å². The molecule has 1 amide bonds. The Morgan fingerprint density at radius 1 is 1.09 bits per heavy atom. The molecule has 32 heavy (non-hydrogen) atoms. The highest BCUT2D eigenvalue weighted by Crippen LogP contribution is 2.46. The van der Waals surface area contributed by atoms with E-state index in [1.54, 1.807) is 34.3 Å². The lowest BCUT2D eigenvalue weighted by molar-refractivity contribution is -0.129. The Bertz CT molecular complexity index is 1290. The van der Waals surface area contributed by atoms with Gasteiger partial charge in [0.2, 0.25) is 11.8 Å². The van der Waals surface area contributed by atoms with Crippen LogP contribution in [0.3, 0.4) is 0 Å². The van der Waals surface area contributed by atoms with Crippen molar-refractivity contribution in [1.29, 1.82) is 0 Å². The van der Waals surface area contributed by atoms with E-state index in [4.69, 9.17) is 5.21 Å². The fraction of sp³-hybridized carbons (Fsp3) is 0.261. The predicted octanol–water partition coefficient (Wildman–Crippen LogP) is 5.49. The SMILES string of the molecule is O=Nc1c(-c2c(O)n(CCCCCCC(=O)NO)c3ccc(F)cc23)[nH]c2ccccc12. The maximum absolute atomic E-state index is 14.1. The van der Waals surface area contributed by atoms with E-state index in [1.165, 1.54) is 12.1 Å². The monoisotopic (exact) mass is 438 g/mol. The molecular formula is C23H23FN4O4. The van der Waals surface area contributed by atoms with Crippen LogP contribution in [0.5, 0.6) is 5.88 Å². The number of rotatable bonds is 9. The van der Waals surface area contributed by atoms with Crippen molar-refractivity contribution >= 4 is 33.4 Å². The molecule has 0 aliphatic heterocycles. The Balaban J connectivity index is 1.68. The molecule has 0 bridgehead atoms. The Labute approximate surface area is 182 Å². The van der Waals surface area contributed by atoms with Gasteiger partial charge in [-0.3, -0.25) is 10.0 Å². The molecule has 0 saturated carbocycles. The van der Waals surface area contributed by atoms with Crippen molar-refractivity contribution in [3.8, 4) is 17.1 Å². The van der Waals surface area contributed by atoms with Crippen LogP contribution in [-0.2, 0) is 11.3 Å². The number of fused-ring (bicyclic) bond motifs is 2. The van der Waals surface area contributed by atoms with Gasteiger partial charge in [-0.25, -0.2) is 9.87 Å². The lowest BCUT2D eigenvalue weighted by Gasteiger charge is -2.07. The van der Waals surface area contributed by atoms with Gasteiger partial charge in [-0.15, -0.1) is 4.91 Å². The van der Waals surface area contributed by atoms with Gasteiger partial charge >= 0.3 is 0 Å². The summed E-state index contributed by atoms with van der Waals surface area (Å²) in [6, 6.07) is 11.5. The summed E-state index contributed by atoms with van der Waals surface area (Å²) >= 11 is 0. The Hall–Kier alpha value is -3.72. The third-order valence-corrected chi connectivity index (χ3v) is 5.68. The van der Waals surface area contributed by atoms with E-state index >= 15 is 0 Å². The van der Waals surface area contributed by atoms with E-state index in [1.807, 2.05) is 6.07 Å². The molecule has 9 heteroatoms. The standard InChI is InChI=1S/C23H23FN4O4/c24-14-10-11-18-16(13-14)20(22-21(27-32)15-7-4-5-8-17(15)25-22)23(30)28(18)12-6-2-1-3-9-19(29)26-31/h4-5,7-8,10-11,13,25,30-31H,1-3,6,9,12H2,(H,26,29). The van der Waals surface area contributed by atoms with Gasteiger partial charge < -0.3 is 14.7 Å². The van der Waals surface area contributed by atoms with Gasteiger partial charge in [-0.1, -0.05) is 31.0 Å². The number of hydroxylamine groups is 1. The smallest absolute Gasteiger partial charge is 0.243 e. The van der Waals surface area contributed by atoms with Crippen LogP contribution >= 0.6 is 0 Å². The summed E-state index contributed by atoms with van der Waals surface area (Å²) in [6.07, 6.45) is 3.21. The van der Waals surface area contributed by atoms with E-state index in [0.717, 1.165) is 19.3 Å². The maximum Gasteiger partial charge on any atom is 0.243 e. The maximum atomic E-state index is 14.1.